The molecule has 0 saturated heterocycles. The first-order valence-electron chi connectivity index (χ1n) is 11.9. The highest BCUT2D eigenvalue weighted by Crippen LogP contribution is 2.33. The van der Waals surface area contributed by atoms with Crippen molar-refractivity contribution >= 4 is 23.3 Å². The quantitative estimate of drug-likeness (QED) is 0.437. The molecule has 1 aromatic heterocycles. The molecule has 1 aliphatic rings. The van der Waals surface area contributed by atoms with E-state index >= 15 is 0 Å². The van der Waals surface area contributed by atoms with E-state index in [-0.39, 0.29) is 37.2 Å². The van der Waals surface area contributed by atoms with Gasteiger partial charge in [-0.2, -0.15) is 0 Å². The highest BCUT2D eigenvalue weighted by Gasteiger charge is 2.26. The number of benzene rings is 2. The molecule has 0 aliphatic carbocycles. The Balaban J connectivity index is 1.36. The molecule has 3 aromatic rings. The number of rotatable bonds is 10. The number of ether oxygens (including phenoxy) is 2. The first-order chi connectivity index (χ1) is 17.4. The molecular weight excluding hydrogens is 458 g/mol. The van der Waals surface area contributed by atoms with Gasteiger partial charge < -0.3 is 19.7 Å². The van der Waals surface area contributed by atoms with E-state index in [1.165, 1.54) is 0 Å². The third-order valence-corrected chi connectivity index (χ3v) is 5.96. The van der Waals surface area contributed by atoms with E-state index in [9.17, 15) is 14.4 Å². The number of ketones is 1. The molecule has 0 bridgehead atoms. The SMILES string of the molecule is Cc1cccc(C)c1OCC(=O)c1ccc2c(c1)N(CCCC(=O)NCc1ccccn1)C(=O)CO2. The molecule has 8 heteroatoms. The topological polar surface area (TPSA) is 97.8 Å². The molecule has 0 unspecified atom stereocenters. The fourth-order valence-corrected chi connectivity index (χ4v) is 4.05. The van der Waals surface area contributed by atoms with Crippen LogP contribution in [-0.2, 0) is 16.1 Å². The van der Waals surface area contributed by atoms with Crippen LogP contribution >= 0.6 is 0 Å². The van der Waals surface area contributed by atoms with E-state index in [2.05, 4.69) is 10.3 Å². The zero-order valence-corrected chi connectivity index (χ0v) is 20.5. The molecular formula is C28H29N3O5. The van der Waals surface area contributed by atoms with Crippen molar-refractivity contribution in [1.82, 2.24) is 10.3 Å². The first kappa shape index (κ1) is 24.9. The van der Waals surface area contributed by atoms with Gasteiger partial charge in [0.15, 0.2) is 19.0 Å². The van der Waals surface area contributed by atoms with Crippen molar-refractivity contribution in [3.8, 4) is 11.5 Å². The van der Waals surface area contributed by atoms with Crippen molar-refractivity contribution < 1.29 is 23.9 Å². The number of nitrogens with zero attached hydrogens (tertiary/aromatic N) is 2. The summed E-state index contributed by atoms with van der Waals surface area (Å²) in [7, 11) is 0. The number of hydrogen-bond acceptors (Lipinski definition) is 6. The Morgan fingerprint density at radius 1 is 1.08 bits per heavy atom. The largest absolute Gasteiger partial charge is 0.485 e. The average Bonchev–Trinajstić information content (AvgIpc) is 2.88. The summed E-state index contributed by atoms with van der Waals surface area (Å²) in [6.45, 7) is 4.37. The van der Waals surface area contributed by atoms with Gasteiger partial charge in [0.05, 0.1) is 17.9 Å². The molecule has 2 amide bonds. The van der Waals surface area contributed by atoms with E-state index < -0.39 is 0 Å². The number of aromatic nitrogens is 1. The van der Waals surface area contributed by atoms with Gasteiger partial charge in [-0.25, -0.2) is 0 Å². The van der Waals surface area contributed by atoms with Crippen LogP contribution in [0.4, 0.5) is 5.69 Å². The van der Waals surface area contributed by atoms with E-state index in [0.29, 0.717) is 42.3 Å². The lowest BCUT2D eigenvalue weighted by Crippen LogP contribution is -2.40. The molecule has 0 saturated carbocycles. The Kier molecular flexibility index (Phi) is 7.95. The highest BCUT2D eigenvalue weighted by atomic mass is 16.5. The molecule has 8 nitrogen and oxygen atoms in total. The normalized spacial score (nSPS) is 12.5. The molecule has 0 fully saturated rings. The van der Waals surface area contributed by atoms with Gasteiger partial charge in [0, 0.05) is 24.7 Å². The predicted octanol–water partition coefficient (Wildman–Crippen LogP) is 3.78. The fourth-order valence-electron chi connectivity index (χ4n) is 4.05. The molecule has 2 heterocycles. The van der Waals surface area contributed by atoms with Gasteiger partial charge in [0.2, 0.25) is 5.91 Å². The maximum Gasteiger partial charge on any atom is 0.265 e. The Morgan fingerprint density at radius 2 is 1.89 bits per heavy atom. The van der Waals surface area contributed by atoms with Crippen LogP contribution in [-0.4, -0.2) is 42.3 Å². The first-order valence-corrected chi connectivity index (χ1v) is 11.9. The van der Waals surface area contributed by atoms with Crippen molar-refractivity contribution in [3.05, 3.63) is 83.2 Å². The maximum atomic E-state index is 12.9. The standard InChI is InChI=1S/C28H29N3O5/c1-19-7-5-8-20(2)28(19)36-17-24(32)21-11-12-25-23(15-21)31(27(34)18-35-25)14-6-10-26(33)30-16-22-9-3-4-13-29-22/h3-5,7-9,11-13,15H,6,10,14,16-18H2,1-2H3,(H,30,33). The van der Waals surface area contributed by atoms with E-state index in [1.54, 1.807) is 29.3 Å². The van der Waals surface area contributed by atoms with Crippen LogP contribution in [0.15, 0.2) is 60.8 Å². The fraction of sp³-hybridized carbons (Fsp3) is 0.286. The third-order valence-electron chi connectivity index (χ3n) is 5.96. The van der Waals surface area contributed by atoms with Gasteiger partial charge in [-0.1, -0.05) is 24.3 Å². The van der Waals surface area contributed by atoms with Crippen LogP contribution in [0.25, 0.3) is 0 Å². The molecule has 0 spiro atoms. The average molecular weight is 488 g/mol. The van der Waals surface area contributed by atoms with E-state index in [0.717, 1.165) is 16.8 Å². The Hall–Kier alpha value is -4.20. The number of aryl methyl sites for hydroxylation is 2. The minimum absolute atomic E-state index is 0.0815. The number of amides is 2. The molecule has 0 radical (unpaired) electrons. The number of anilines is 1. The summed E-state index contributed by atoms with van der Waals surface area (Å²) in [6, 6.07) is 16.4. The zero-order chi connectivity index (χ0) is 25.5. The number of Topliss-reactive ketones (excluding diaryl/α,β-unsaturated/α-hetero) is 1. The Bertz CT molecular complexity index is 1240. The second-order valence-corrected chi connectivity index (χ2v) is 8.65. The Labute approximate surface area is 210 Å². The summed E-state index contributed by atoms with van der Waals surface area (Å²) in [6.07, 6.45) is 2.40. The lowest BCUT2D eigenvalue weighted by Gasteiger charge is -2.29. The highest BCUT2D eigenvalue weighted by molar-refractivity contribution is 6.02. The number of carbonyl (C=O) groups excluding carboxylic acids is 3. The van der Waals surface area contributed by atoms with E-state index in [1.807, 2.05) is 50.2 Å². The number of para-hydroxylation sites is 1. The third kappa shape index (κ3) is 6.07. The summed E-state index contributed by atoms with van der Waals surface area (Å²) in [4.78, 5) is 43.5. The molecule has 0 atom stereocenters. The zero-order valence-electron chi connectivity index (χ0n) is 20.5. The number of hydrogen-bond donors (Lipinski definition) is 1. The Morgan fingerprint density at radius 3 is 2.64 bits per heavy atom. The second kappa shape index (κ2) is 11.5. The summed E-state index contributed by atoms with van der Waals surface area (Å²) < 4.78 is 11.4. The molecule has 36 heavy (non-hydrogen) atoms. The van der Waals surface area contributed by atoms with Crippen molar-refractivity contribution in [2.45, 2.75) is 33.2 Å². The summed E-state index contributed by atoms with van der Waals surface area (Å²) in [5, 5.41) is 2.84. The maximum absolute atomic E-state index is 12.9. The van der Waals surface area contributed by atoms with Gasteiger partial charge in [-0.15, -0.1) is 0 Å². The lowest BCUT2D eigenvalue weighted by molar-refractivity contribution is -0.123. The summed E-state index contributed by atoms with van der Waals surface area (Å²) >= 11 is 0. The minimum Gasteiger partial charge on any atom is -0.485 e. The van der Waals surface area contributed by atoms with Gasteiger partial charge in [-0.3, -0.25) is 19.4 Å². The van der Waals surface area contributed by atoms with Crippen LogP contribution in [0, 0.1) is 13.8 Å². The molecule has 2 aromatic carbocycles. The summed E-state index contributed by atoms with van der Waals surface area (Å²) in [5.74, 6) is 0.695. The molecule has 1 N–H and O–H groups in total. The number of nitrogens with one attached hydrogen (secondary N) is 1. The summed E-state index contributed by atoms with van der Waals surface area (Å²) in [5.41, 5.74) is 3.65. The minimum atomic E-state index is -0.215. The number of fused-ring (bicyclic) bond motifs is 1. The van der Waals surface area contributed by atoms with Crippen LogP contribution in [0.5, 0.6) is 11.5 Å². The van der Waals surface area contributed by atoms with Gasteiger partial charge >= 0.3 is 0 Å². The monoisotopic (exact) mass is 487 g/mol. The van der Waals surface area contributed by atoms with Gasteiger partial charge in [-0.05, 0) is 61.7 Å². The number of pyridine rings is 1. The molecule has 4 rings (SSSR count). The van der Waals surface area contributed by atoms with Crippen LogP contribution in [0.3, 0.4) is 0 Å². The van der Waals surface area contributed by atoms with Gasteiger partial charge in [0.1, 0.15) is 11.5 Å². The lowest BCUT2D eigenvalue weighted by atomic mass is 10.1. The van der Waals surface area contributed by atoms with Crippen molar-refractivity contribution in [2.75, 3.05) is 24.7 Å². The molecule has 1 aliphatic heterocycles. The van der Waals surface area contributed by atoms with Crippen LogP contribution < -0.4 is 19.7 Å². The smallest absolute Gasteiger partial charge is 0.265 e. The van der Waals surface area contributed by atoms with Crippen molar-refractivity contribution in [2.24, 2.45) is 0 Å². The molecule has 186 valence electrons. The number of carbonyl (C=O) groups is 3. The second-order valence-electron chi connectivity index (χ2n) is 8.65. The predicted molar refractivity (Wildman–Crippen MR) is 135 cm³/mol. The van der Waals surface area contributed by atoms with Gasteiger partial charge in [0.25, 0.3) is 5.91 Å². The van der Waals surface area contributed by atoms with E-state index in [4.69, 9.17) is 9.47 Å². The van der Waals surface area contributed by atoms with Crippen LogP contribution in [0.2, 0.25) is 0 Å². The van der Waals surface area contributed by atoms with Crippen LogP contribution in [0.1, 0.15) is 40.0 Å². The van der Waals surface area contributed by atoms with Crippen molar-refractivity contribution in [3.63, 3.8) is 0 Å². The van der Waals surface area contributed by atoms with Crippen molar-refractivity contribution in [1.29, 1.82) is 0 Å².